The van der Waals surface area contributed by atoms with Gasteiger partial charge in [-0.2, -0.15) is 4.31 Å². The van der Waals surface area contributed by atoms with Crippen LogP contribution in [-0.2, 0) is 14.8 Å². The fourth-order valence-electron chi connectivity index (χ4n) is 3.50. The zero-order valence-corrected chi connectivity index (χ0v) is 18.7. The monoisotopic (exact) mass is 459 g/mol. The second kappa shape index (κ2) is 10.0. The zero-order chi connectivity index (χ0) is 20.0. The van der Waals surface area contributed by atoms with Gasteiger partial charge in [-0.3, -0.25) is 9.69 Å². The Morgan fingerprint density at radius 2 is 1.93 bits per heavy atom. The van der Waals surface area contributed by atoms with Gasteiger partial charge in [0.25, 0.3) is 0 Å². The molecule has 1 saturated heterocycles. The molecule has 0 radical (unpaired) electrons. The minimum absolute atomic E-state index is 0.0512. The first kappa shape index (κ1) is 22.3. The van der Waals surface area contributed by atoms with Gasteiger partial charge in [0, 0.05) is 30.1 Å². The highest BCUT2D eigenvalue weighted by molar-refractivity contribution is 9.10. The molecule has 1 aromatic carbocycles. The Hall–Kier alpha value is -0.960. The van der Waals surface area contributed by atoms with Crippen LogP contribution in [0.3, 0.4) is 0 Å². The Kier molecular flexibility index (Phi) is 8.27. The lowest BCUT2D eigenvalue weighted by Gasteiger charge is -2.32. The molecule has 2 rings (SSSR count). The lowest BCUT2D eigenvalue weighted by atomic mass is 9.99. The second-order valence-electron chi connectivity index (χ2n) is 6.97. The van der Waals surface area contributed by atoms with E-state index in [4.69, 9.17) is 0 Å². The van der Waals surface area contributed by atoms with Crippen molar-refractivity contribution in [3.63, 3.8) is 0 Å². The first-order valence-electron chi connectivity index (χ1n) is 9.57. The Labute approximate surface area is 171 Å². The average Bonchev–Trinajstić information content (AvgIpc) is 2.67. The highest BCUT2D eigenvalue weighted by Gasteiger charge is 2.33. The number of likely N-dealkylation sites (N-methyl/N-ethyl adjacent to an activating group) is 1. The second-order valence-corrected chi connectivity index (χ2v) is 9.83. The summed E-state index contributed by atoms with van der Waals surface area (Å²) in [6.45, 7) is 9.46. The first-order valence-corrected chi connectivity index (χ1v) is 11.8. The third-order valence-electron chi connectivity index (χ3n) is 5.21. The number of nitrogens with zero attached hydrogens (tertiary/aromatic N) is 2. The molecule has 1 N–H and O–H groups in total. The van der Waals surface area contributed by atoms with E-state index < -0.39 is 10.0 Å². The van der Waals surface area contributed by atoms with Gasteiger partial charge in [-0.15, -0.1) is 0 Å². The van der Waals surface area contributed by atoms with Crippen molar-refractivity contribution < 1.29 is 13.2 Å². The number of sulfonamides is 1. The van der Waals surface area contributed by atoms with Gasteiger partial charge in [-0.1, -0.05) is 29.8 Å². The summed E-state index contributed by atoms with van der Waals surface area (Å²) in [4.78, 5) is 15.1. The number of carbonyl (C=O) groups is 1. The summed E-state index contributed by atoms with van der Waals surface area (Å²) in [5, 5.41) is 3.01. The molecule has 2 unspecified atom stereocenters. The predicted molar refractivity (Wildman–Crippen MR) is 111 cm³/mol. The van der Waals surface area contributed by atoms with E-state index in [0.717, 1.165) is 24.0 Å². The molecule has 8 heteroatoms. The molecule has 1 aromatic rings. The van der Waals surface area contributed by atoms with Gasteiger partial charge < -0.3 is 5.32 Å². The summed E-state index contributed by atoms with van der Waals surface area (Å²) in [6, 6.07) is 6.88. The van der Waals surface area contributed by atoms with Gasteiger partial charge in [-0.25, -0.2) is 8.42 Å². The summed E-state index contributed by atoms with van der Waals surface area (Å²) in [5.74, 6) is -0.349. The van der Waals surface area contributed by atoms with E-state index in [2.05, 4.69) is 46.9 Å². The van der Waals surface area contributed by atoms with E-state index in [-0.39, 0.29) is 29.3 Å². The van der Waals surface area contributed by atoms with Crippen LogP contribution in [0.5, 0.6) is 0 Å². The number of halogens is 1. The lowest BCUT2D eigenvalue weighted by Crippen LogP contribution is -2.48. The van der Waals surface area contributed by atoms with Crippen LogP contribution in [0.1, 0.15) is 33.6 Å². The maximum absolute atomic E-state index is 12.9. The standard InChI is InChI=1S/C19H30BrN3O3S/c1-4-22(5-2)15(3)13-21-19(24)16-7-6-12-23(14-16)27(25,26)18-10-8-17(20)9-11-18/h8-11,15-16H,4-7,12-14H2,1-3H3,(H,21,24). The Morgan fingerprint density at radius 1 is 1.30 bits per heavy atom. The molecule has 0 saturated carbocycles. The maximum Gasteiger partial charge on any atom is 0.243 e. The van der Waals surface area contributed by atoms with Gasteiger partial charge in [-0.05, 0) is 57.1 Å². The van der Waals surface area contributed by atoms with E-state index >= 15 is 0 Å². The number of nitrogens with one attached hydrogen (secondary N) is 1. The average molecular weight is 460 g/mol. The molecule has 1 aliphatic heterocycles. The first-order chi connectivity index (χ1) is 12.8. The molecule has 0 spiro atoms. The van der Waals surface area contributed by atoms with Crippen LogP contribution >= 0.6 is 15.9 Å². The predicted octanol–water partition coefficient (Wildman–Crippen LogP) is 2.70. The van der Waals surface area contributed by atoms with E-state index in [1.54, 1.807) is 24.3 Å². The molecule has 27 heavy (non-hydrogen) atoms. The van der Waals surface area contributed by atoms with Crippen LogP contribution in [0.25, 0.3) is 0 Å². The van der Waals surface area contributed by atoms with Crippen molar-refractivity contribution in [3.05, 3.63) is 28.7 Å². The molecule has 0 aliphatic carbocycles. The van der Waals surface area contributed by atoms with Crippen LogP contribution in [-0.4, -0.2) is 62.3 Å². The van der Waals surface area contributed by atoms with Gasteiger partial charge >= 0.3 is 0 Å². The van der Waals surface area contributed by atoms with Gasteiger partial charge in [0.2, 0.25) is 15.9 Å². The van der Waals surface area contributed by atoms with Gasteiger partial charge in [0.1, 0.15) is 0 Å². The number of piperidine rings is 1. The summed E-state index contributed by atoms with van der Waals surface area (Å²) in [5.41, 5.74) is 0. The molecule has 0 bridgehead atoms. The van der Waals surface area contributed by atoms with Crippen LogP contribution in [0.4, 0.5) is 0 Å². The Morgan fingerprint density at radius 3 is 2.52 bits per heavy atom. The van der Waals surface area contributed by atoms with E-state index in [0.29, 0.717) is 19.5 Å². The summed E-state index contributed by atoms with van der Waals surface area (Å²) < 4.78 is 28.0. The summed E-state index contributed by atoms with van der Waals surface area (Å²) >= 11 is 3.32. The smallest absolute Gasteiger partial charge is 0.243 e. The van der Waals surface area contributed by atoms with Crippen molar-refractivity contribution in [2.75, 3.05) is 32.7 Å². The number of carbonyl (C=O) groups excluding carboxylic acids is 1. The van der Waals surface area contributed by atoms with E-state index in [9.17, 15) is 13.2 Å². The van der Waals surface area contributed by atoms with Crippen molar-refractivity contribution in [1.82, 2.24) is 14.5 Å². The third-order valence-corrected chi connectivity index (χ3v) is 7.62. The van der Waals surface area contributed by atoms with Crippen molar-refractivity contribution >= 4 is 31.9 Å². The lowest BCUT2D eigenvalue weighted by molar-refractivity contribution is -0.126. The molecule has 152 valence electrons. The molecule has 2 atom stereocenters. The SMILES string of the molecule is CCN(CC)C(C)CNC(=O)C1CCCN(S(=O)(=O)c2ccc(Br)cc2)C1. The summed E-state index contributed by atoms with van der Waals surface area (Å²) in [6.07, 6.45) is 1.41. The minimum Gasteiger partial charge on any atom is -0.354 e. The molecule has 0 aromatic heterocycles. The molecule has 1 amide bonds. The molecule has 1 heterocycles. The van der Waals surface area contributed by atoms with Crippen LogP contribution in [0, 0.1) is 5.92 Å². The topological polar surface area (TPSA) is 69.7 Å². The Bertz CT molecular complexity index is 720. The van der Waals surface area contributed by atoms with Crippen molar-refractivity contribution in [3.8, 4) is 0 Å². The van der Waals surface area contributed by atoms with E-state index in [1.165, 1.54) is 4.31 Å². The number of hydrogen-bond donors (Lipinski definition) is 1. The minimum atomic E-state index is -3.57. The number of benzene rings is 1. The Balaban J connectivity index is 1.98. The fourth-order valence-corrected chi connectivity index (χ4v) is 5.29. The van der Waals surface area contributed by atoms with Crippen molar-refractivity contribution in [2.24, 2.45) is 5.92 Å². The molecular weight excluding hydrogens is 430 g/mol. The van der Waals surface area contributed by atoms with Crippen molar-refractivity contribution in [2.45, 2.75) is 44.6 Å². The third kappa shape index (κ3) is 5.76. The maximum atomic E-state index is 12.9. The van der Waals surface area contributed by atoms with E-state index in [1.807, 2.05) is 0 Å². The number of hydrogen-bond acceptors (Lipinski definition) is 4. The van der Waals surface area contributed by atoms with Gasteiger partial charge in [0.05, 0.1) is 10.8 Å². The highest BCUT2D eigenvalue weighted by Crippen LogP contribution is 2.25. The zero-order valence-electron chi connectivity index (χ0n) is 16.3. The largest absolute Gasteiger partial charge is 0.354 e. The van der Waals surface area contributed by atoms with Gasteiger partial charge in [0.15, 0.2) is 0 Å². The molecular formula is C19H30BrN3O3S. The number of amides is 1. The van der Waals surface area contributed by atoms with Crippen LogP contribution < -0.4 is 5.32 Å². The van der Waals surface area contributed by atoms with Crippen LogP contribution in [0.15, 0.2) is 33.6 Å². The molecule has 1 aliphatic rings. The molecule has 6 nitrogen and oxygen atoms in total. The van der Waals surface area contributed by atoms with Crippen LogP contribution in [0.2, 0.25) is 0 Å². The quantitative estimate of drug-likeness (QED) is 0.648. The fraction of sp³-hybridized carbons (Fsp3) is 0.632. The van der Waals surface area contributed by atoms with Crippen molar-refractivity contribution in [1.29, 1.82) is 0 Å². The summed E-state index contributed by atoms with van der Waals surface area (Å²) in [7, 11) is -3.57. The number of rotatable bonds is 8. The molecule has 1 fully saturated rings. The highest BCUT2D eigenvalue weighted by atomic mass is 79.9. The normalized spacial score (nSPS) is 19.8.